The molecule has 19 heavy (non-hydrogen) atoms. The van der Waals surface area contributed by atoms with Gasteiger partial charge in [-0.25, -0.2) is 0 Å². The quantitative estimate of drug-likeness (QED) is 0.526. The molecule has 0 unspecified atom stereocenters. The predicted molar refractivity (Wildman–Crippen MR) is 71.4 cm³/mol. The summed E-state index contributed by atoms with van der Waals surface area (Å²) in [6.07, 6.45) is 1.45. The summed E-state index contributed by atoms with van der Waals surface area (Å²) in [5.41, 5.74) is 3.25. The first kappa shape index (κ1) is 12.9. The van der Waals surface area contributed by atoms with Gasteiger partial charge in [-0.1, -0.05) is 23.7 Å². The molecular weight excluding hydrogens is 270 g/mol. The predicted octanol–water partition coefficient (Wildman–Crippen LogP) is 2.48. The molecule has 7 nitrogen and oxygen atoms in total. The zero-order valence-electron chi connectivity index (χ0n) is 9.52. The van der Waals surface area contributed by atoms with Gasteiger partial charge in [0.25, 0.3) is 5.69 Å². The van der Waals surface area contributed by atoms with Gasteiger partial charge in [-0.15, -0.1) is 10.2 Å². The van der Waals surface area contributed by atoms with E-state index in [1.165, 1.54) is 18.3 Å². The summed E-state index contributed by atoms with van der Waals surface area (Å²) in [7, 11) is 0. The first-order valence-corrected chi connectivity index (χ1v) is 5.56. The van der Waals surface area contributed by atoms with E-state index in [1.54, 1.807) is 24.3 Å². The lowest BCUT2D eigenvalue weighted by Crippen LogP contribution is -1.95. The number of aromatic nitrogens is 2. The lowest BCUT2D eigenvalue weighted by atomic mass is 10.2. The van der Waals surface area contributed by atoms with Crippen molar-refractivity contribution >= 4 is 29.3 Å². The number of nitrogens with zero attached hydrogens (tertiary/aromatic N) is 4. The Balaban J connectivity index is 2.04. The molecule has 0 spiro atoms. The Labute approximate surface area is 113 Å². The van der Waals surface area contributed by atoms with Crippen LogP contribution in [0.3, 0.4) is 0 Å². The summed E-state index contributed by atoms with van der Waals surface area (Å²) in [5.74, 6) is 0.422. The van der Waals surface area contributed by atoms with Gasteiger partial charge in [0.05, 0.1) is 11.1 Å². The fourth-order valence-corrected chi connectivity index (χ4v) is 1.37. The molecule has 96 valence electrons. The highest BCUT2D eigenvalue weighted by atomic mass is 35.5. The molecule has 0 aliphatic carbocycles. The van der Waals surface area contributed by atoms with Crippen molar-refractivity contribution in [2.45, 2.75) is 0 Å². The minimum atomic E-state index is -0.463. The van der Waals surface area contributed by atoms with Gasteiger partial charge < -0.3 is 0 Å². The van der Waals surface area contributed by atoms with Crippen LogP contribution in [0.4, 0.5) is 11.5 Å². The molecule has 1 heterocycles. The second kappa shape index (κ2) is 5.87. The molecule has 1 aromatic carbocycles. The number of anilines is 1. The van der Waals surface area contributed by atoms with Gasteiger partial charge in [0.2, 0.25) is 0 Å². The van der Waals surface area contributed by atoms with Crippen LogP contribution in [-0.4, -0.2) is 21.3 Å². The molecule has 0 amide bonds. The smallest absolute Gasteiger partial charge is 0.260 e. The van der Waals surface area contributed by atoms with Crippen LogP contribution < -0.4 is 5.43 Å². The van der Waals surface area contributed by atoms with Gasteiger partial charge in [0.15, 0.2) is 11.0 Å². The summed E-state index contributed by atoms with van der Waals surface area (Å²) in [4.78, 5) is 10.1. The molecule has 2 aromatic rings. The van der Waals surface area contributed by atoms with Gasteiger partial charge in [0, 0.05) is 17.7 Å². The van der Waals surface area contributed by atoms with Crippen molar-refractivity contribution in [1.29, 1.82) is 0 Å². The van der Waals surface area contributed by atoms with Crippen molar-refractivity contribution < 1.29 is 4.92 Å². The Hall–Kier alpha value is -2.54. The topological polar surface area (TPSA) is 93.3 Å². The van der Waals surface area contributed by atoms with E-state index >= 15 is 0 Å². The Bertz CT molecular complexity index is 615. The first-order chi connectivity index (χ1) is 9.15. The van der Waals surface area contributed by atoms with E-state index in [0.29, 0.717) is 11.4 Å². The SMILES string of the molecule is O=[N+]([O-])c1cccc(C=NNc2ccc(Cl)nn2)c1. The van der Waals surface area contributed by atoms with E-state index in [0.717, 1.165) is 0 Å². The summed E-state index contributed by atoms with van der Waals surface area (Å²) >= 11 is 5.59. The standard InChI is InChI=1S/C11H8ClN5O2/c12-10-4-5-11(16-14-10)15-13-7-8-2-1-3-9(6-8)17(18)19/h1-7H,(H,15,16). The van der Waals surface area contributed by atoms with E-state index in [4.69, 9.17) is 11.6 Å². The molecule has 0 saturated heterocycles. The zero-order valence-corrected chi connectivity index (χ0v) is 10.3. The molecule has 2 rings (SSSR count). The normalized spacial score (nSPS) is 10.6. The molecule has 1 aromatic heterocycles. The van der Waals surface area contributed by atoms with Gasteiger partial charge in [-0.2, -0.15) is 5.10 Å². The van der Waals surface area contributed by atoms with Crippen molar-refractivity contribution in [2.24, 2.45) is 5.10 Å². The highest BCUT2D eigenvalue weighted by Gasteiger charge is 2.03. The van der Waals surface area contributed by atoms with Crippen molar-refractivity contribution in [1.82, 2.24) is 10.2 Å². The van der Waals surface area contributed by atoms with Crippen molar-refractivity contribution in [3.05, 3.63) is 57.2 Å². The van der Waals surface area contributed by atoms with Crippen LogP contribution in [0.1, 0.15) is 5.56 Å². The van der Waals surface area contributed by atoms with Crippen LogP contribution in [0.5, 0.6) is 0 Å². The number of benzene rings is 1. The molecule has 0 fully saturated rings. The Morgan fingerprint density at radius 3 is 2.84 bits per heavy atom. The molecular formula is C11H8ClN5O2. The second-order valence-corrected chi connectivity index (χ2v) is 3.85. The maximum Gasteiger partial charge on any atom is 0.270 e. The third-order valence-corrected chi connectivity index (χ3v) is 2.31. The van der Waals surface area contributed by atoms with Crippen molar-refractivity contribution in [3.63, 3.8) is 0 Å². The monoisotopic (exact) mass is 277 g/mol. The van der Waals surface area contributed by atoms with E-state index in [2.05, 4.69) is 20.7 Å². The number of rotatable bonds is 4. The average molecular weight is 278 g/mol. The molecule has 0 saturated carbocycles. The van der Waals surface area contributed by atoms with E-state index < -0.39 is 4.92 Å². The van der Waals surface area contributed by atoms with Crippen LogP contribution >= 0.6 is 11.6 Å². The van der Waals surface area contributed by atoms with Gasteiger partial charge >= 0.3 is 0 Å². The molecule has 8 heteroatoms. The summed E-state index contributed by atoms with van der Waals surface area (Å²) in [6, 6.07) is 9.29. The largest absolute Gasteiger partial charge is 0.270 e. The Morgan fingerprint density at radius 1 is 1.32 bits per heavy atom. The molecule has 0 aliphatic rings. The summed E-state index contributed by atoms with van der Waals surface area (Å²) < 4.78 is 0. The van der Waals surface area contributed by atoms with Crippen LogP contribution in [0.25, 0.3) is 0 Å². The summed E-state index contributed by atoms with van der Waals surface area (Å²) in [5, 5.41) is 22.2. The minimum absolute atomic E-state index is 0.00948. The number of non-ortho nitro benzene ring substituents is 1. The van der Waals surface area contributed by atoms with E-state index in [-0.39, 0.29) is 10.8 Å². The second-order valence-electron chi connectivity index (χ2n) is 3.46. The molecule has 0 radical (unpaired) electrons. The highest BCUT2D eigenvalue weighted by Crippen LogP contribution is 2.11. The zero-order chi connectivity index (χ0) is 13.7. The minimum Gasteiger partial charge on any atom is -0.260 e. The van der Waals surface area contributed by atoms with E-state index in [1.807, 2.05) is 0 Å². The Morgan fingerprint density at radius 2 is 2.16 bits per heavy atom. The molecule has 0 bridgehead atoms. The highest BCUT2D eigenvalue weighted by molar-refractivity contribution is 6.29. The maximum atomic E-state index is 10.6. The number of nitro groups is 1. The average Bonchev–Trinajstić information content (AvgIpc) is 2.41. The fourth-order valence-electron chi connectivity index (χ4n) is 1.27. The maximum absolute atomic E-state index is 10.6. The van der Waals surface area contributed by atoms with Gasteiger partial charge in [-0.05, 0) is 12.1 Å². The molecule has 0 atom stereocenters. The summed E-state index contributed by atoms with van der Waals surface area (Å²) in [6.45, 7) is 0. The Kier molecular flexibility index (Phi) is 3.99. The van der Waals surface area contributed by atoms with Crippen molar-refractivity contribution in [2.75, 3.05) is 5.43 Å². The fraction of sp³-hybridized carbons (Fsp3) is 0. The van der Waals surface area contributed by atoms with E-state index in [9.17, 15) is 10.1 Å². The van der Waals surface area contributed by atoms with Crippen LogP contribution in [0.15, 0.2) is 41.5 Å². The third kappa shape index (κ3) is 3.71. The van der Waals surface area contributed by atoms with Crippen LogP contribution in [-0.2, 0) is 0 Å². The molecule has 0 aliphatic heterocycles. The number of halogens is 1. The third-order valence-electron chi connectivity index (χ3n) is 2.11. The lowest BCUT2D eigenvalue weighted by Gasteiger charge is -1.97. The van der Waals surface area contributed by atoms with Gasteiger partial charge in [0.1, 0.15) is 0 Å². The molecule has 1 N–H and O–H groups in total. The first-order valence-electron chi connectivity index (χ1n) is 5.18. The van der Waals surface area contributed by atoms with Crippen LogP contribution in [0, 0.1) is 10.1 Å². The van der Waals surface area contributed by atoms with Gasteiger partial charge in [-0.3, -0.25) is 15.5 Å². The lowest BCUT2D eigenvalue weighted by molar-refractivity contribution is -0.384. The number of hydrazone groups is 1. The van der Waals surface area contributed by atoms with Crippen molar-refractivity contribution in [3.8, 4) is 0 Å². The van der Waals surface area contributed by atoms with Crippen LogP contribution in [0.2, 0.25) is 5.15 Å². The number of nitro benzene ring substituents is 1. The number of nitrogens with one attached hydrogen (secondary N) is 1. The number of hydrogen-bond acceptors (Lipinski definition) is 6. The number of hydrogen-bond donors (Lipinski definition) is 1.